The number of benzene rings is 1. The van der Waals surface area contributed by atoms with Crippen molar-refractivity contribution in [1.82, 2.24) is 15.1 Å². The maximum absolute atomic E-state index is 12.1. The number of hydrogen-bond acceptors (Lipinski definition) is 7. The van der Waals surface area contributed by atoms with Gasteiger partial charge in [0.2, 0.25) is 16.9 Å². The summed E-state index contributed by atoms with van der Waals surface area (Å²) in [4.78, 5) is 28.1. The van der Waals surface area contributed by atoms with E-state index in [2.05, 4.69) is 20.4 Å². The first-order valence-electron chi connectivity index (χ1n) is 8.88. The molecule has 2 amide bonds. The summed E-state index contributed by atoms with van der Waals surface area (Å²) >= 11 is 2.87. The molecule has 0 aliphatic carbocycles. The lowest BCUT2D eigenvalue weighted by atomic mass is 10.2. The van der Waals surface area contributed by atoms with Gasteiger partial charge in [-0.25, -0.2) is 0 Å². The fourth-order valence-corrected chi connectivity index (χ4v) is 4.41. The van der Waals surface area contributed by atoms with Crippen molar-refractivity contribution in [3.05, 3.63) is 30.3 Å². The Kier molecular flexibility index (Phi) is 6.68. The highest BCUT2D eigenvalue weighted by atomic mass is 32.2. The van der Waals surface area contributed by atoms with E-state index in [1.54, 1.807) is 0 Å². The van der Waals surface area contributed by atoms with Crippen molar-refractivity contribution in [1.29, 1.82) is 0 Å². The highest BCUT2D eigenvalue weighted by molar-refractivity contribution is 8.01. The third kappa shape index (κ3) is 5.43. The molecule has 0 radical (unpaired) electrons. The van der Waals surface area contributed by atoms with Gasteiger partial charge in [-0.1, -0.05) is 55.1 Å². The molecule has 0 unspecified atom stereocenters. The second-order valence-corrected chi connectivity index (χ2v) is 8.70. The number of para-hydroxylation sites is 1. The Hall–Kier alpha value is -2.13. The monoisotopic (exact) mass is 405 g/mol. The van der Waals surface area contributed by atoms with Crippen LogP contribution in [0.3, 0.4) is 0 Å². The van der Waals surface area contributed by atoms with Crippen molar-refractivity contribution in [3.63, 3.8) is 0 Å². The van der Waals surface area contributed by atoms with Crippen LogP contribution in [0.25, 0.3) is 0 Å². The zero-order valence-corrected chi connectivity index (χ0v) is 17.1. The molecule has 1 aliphatic rings. The van der Waals surface area contributed by atoms with E-state index in [1.807, 2.05) is 49.1 Å². The Bertz CT molecular complexity index is 773. The van der Waals surface area contributed by atoms with Crippen molar-refractivity contribution >= 4 is 45.7 Å². The third-order valence-corrected chi connectivity index (χ3v) is 6.25. The molecule has 9 heteroatoms. The Labute approximate surface area is 167 Å². The zero-order chi connectivity index (χ0) is 19.2. The smallest absolute Gasteiger partial charge is 0.234 e. The van der Waals surface area contributed by atoms with Crippen LogP contribution in [0.4, 0.5) is 10.8 Å². The van der Waals surface area contributed by atoms with Crippen molar-refractivity contribution in [2.45, 2.75) is 18.2 Å². The van der Waals surface area contributed by atoms with E-state index in [4.69, 9.17) is 0 Å². The van der Waals surface area contributed by atoms with Crippen molar-refractivity contribution < 1.29 is 9.59 Å². The molecule has 1 aromatic carbocycles. The summed E-state index contributed by atoms with van der Waals surface area (Å²) in [7, 11) is 0. The molecule has 7 nitrogen and oxygen atoms in total. The van der Waals surface area contributed by atoms with Crippen LogP contribution in [0.1, 0.15) is 13.8 Å². The van der Waals surface area contributed by atoms with E-state index >= 15 is 0 Å². The highest BCUT2D eigenvalue weighted by Gasteiger charge is 2.24. The number of nitrogens with zero attached hydrogens (tertiary/aromatic N) is 4. The number of hydrogen-bond donors (Lipinski definition) is 1. The van der Waals surface area contributed by atoms with Crippen molar-refractivity contribution in [2.75, 3.05) is 42.1 Å². The maximum Gasteiger partial charge on any atom is 0.234 e. The average Bonchev–Trinajstić information content (AvgIpc) is 3.16. The van der Waals surface area contributed by atoms with Crippen molar-refractivity contribution in [3.8, 4) is 0 Å². The lowest BCUT2D eigenvalue weighted by Gasteiger charge is -2.35. The minimum absolute atomic E-state index is 0.0307. The SMILES string of the molecule is CC(C)C(=O)N1CCN(c2nnc(SCC(=O)Nc3ccccc3)s2)CC1. The van der Waals surface area contributed by atoms with E-state index in [0.717, 1.165) is 28.2 Å². The molecule has 1 saturated heterocycles. The van der Waals surface area contributed by atoms with Gasteiger partial charge < -0.3 is 15.1 Å². The topological polar surface area (TPSA) is 78.4 Å². The second kappa shape index (κ2) is 9.18. The molecule has 27 heavy (non-hydrogen) atoms. The number of nitrogens with one attached hydrogen (secondary N) is 1. The van der Waals surface area contributed by atoms with Crippen LogP contribution in [0.5, 0.6) is 0 Å². The van der Waals surface area contributed by atoms with Crippen molar-refractivity contribution in [2.24, 2.45) is 5.92 Å². The minimum atomic E-state index is -0.0660. The fourth-order valence-electron chi connectivity index (χ4n) is 2.72. The number of carbonyl (C=O) groups is 2. The number of thioether (sulfide) groups is 1. The molecule has 1 aromatic heterocycles. The Morgan fingerprint density at radius 3 is 2.52 bits per heavy atom. The summed E-state index contributed by atoms with van der Waals surface area (Å²) in [6.07, 6.45) is 0. The van der Waals surface area contributed by atoms with Crippen LogP contribution in [0, 0.1) is 5.92 Å². The predicted octanol–water partition coefficient (Wildman–Crippen LogP) is 2.57. The number of anilines is 2. The van der Waals surface area contributed by atoms with Gasteiger partial charge in [-0.05, 0) is 12.1 Å². The first-order chi connectivity index (χ1) is 13.0. The molecule has 3 rings (SSSR count). The summed E-state index contributed by atoms with van der Waals surface area (Å²) < 4.78 is 0.772. The lowest BCUT2D eigenvalue weighted by Crippen LogP contribution is -2.49. The van der Waals surface area contributed by atoms with Gasteiger partial charge >= 0.3 is 0 Å². The van der Waals surface area contributed by atoms with E-state index in [-0.39, 0.29) is 17.7 Å². The van der Waals surface area contributed by atoms with Gasteiger partial charge in [0.25, 0.3) is 0 Å². The molecule has 0 atom stereocenters. The molecular weight excluding hydrogens is 382 g/mol. The van der Waals surface area contributed by atoms with Gasteiger partial charge in [0.1, 0.15) is 0 Å². The first-order valence-corrected chi connectivity index (χ1v) is 10.7. The molecule has 1 fully saturated rings. The average molecular weight is 406 g/mol. The van der Waals surface area contributed by atoms with E-state index in [1.165, 1.54) is 23.1 Å². The number of piperazine rings is 1. The van der Waals surface area contributed by atoms with Gasteiger partial charge in [-0.2, -0.15) is 0 Å². The fraction of sp³-hybridized carbons (Fsp3) is 0.444. The number of amides is 2. The predicted molar refractivity (Wildman–Crippen MR) is 109 cm³/mol. The number of rotatable bonds is 6. The summed E-state index contributed by atoms with van der Waals surface area (Å²) in [6, 6.07) is 9.39. The molecule has 144 valence electrons. The van der Waals surface area contributed by atoms with Gasteiger partial charge in [0, 0.05) is 37.8 Å². The van der Waals surface area contributed by atoms with Crippen LogP contribution in [-0.2, 0) is 9.59 Å². The van der Waals surface area contributed by atoms with Gasteiger partial charge in [0.05, 0.1) is 5.75 Å². The van der Waals surface area contributed by atoms with Crippen LogP contribution in [0.2, 0.25) is 0 Å². The normalized spacial score (nSPS) is 14.5. The molecular formula is C18H23N5O2S2. The summed E-state index contributed by atoms with van der Waals surface area (Å²) in [5, 5.41) is 12.1. The van der Waals surface area contributed by atoms with E-state index in [9.17, 15) is 9.59 Å². The minimum Gasteiger partial charge on any atom is -0.343 e. The van der Waals surface area contributed by atoms with Gasteiger partial charge in [-0.3, -0.25) is 9.59 Å². The molecule has 2 aromatic rings. The van der Waals surface area contributed by atoms with Crippen LogP contribution < -0.4 is 10.2 Å². The van der Waals surface area contributed by atoms with Crippen LogP contribution in [-0.4, -0.2) is 58.8 Å². The maximum atomic E-state index is 12.1. The Balaban J connectivity index is 1.46. The zero-order valence-electron chi connectivity index (χ0n) is 15.4. The molecule has 1 aliphatic heterocycles. The molecule has 1 N–H and O–H groups in total. The van der Waals surface area contributed by atoms with Gasteiger partial charge in [0.15, 0.2) is 4.34 Å². The van der Waals surface area contributed by atoms with Gasteiger partial charge in [-0.15, -0.1) is 10.2 Å². The standard InChI is InChI=1S/C18H23N5O2S2/c1-13(2)16(25)22-8-10-23(11-9-22)17-20-21-18(27-17)26-12-15(24)19-14-6-4-3-5-7-14/h3-7,13H,8-12H2,1-2H3,(H,19,24). The summed E-state index contributed by atoms with van der Waals surface area (Å²) in [5.41, 5.74) is 0.787. The van der Waals surface area contributed by atoms with Crippen LogP contribution in [0.15, 0.2) is 34.7 Å². The largest absolute Gasteiger partial charge is 0.343 e. The Morgan fingerprint density at radius 2 is 1.85 bits per heavy atom. The third-order valence-electron chi connectivity index (χ3n) is 4.14. The molecule has 0 spiro atoms. The van der Waals surface area contributed by atoms with E-state index in [0.29, 0.717) is 18.8 Å². The number of aromatic nitrogens is 2. The Morgan fingerprint density at radius 1 is 1.15 bits per heavy atom. The number of carbonyl (C=O) groups excluding carboxylic acids is 2. The first kappa shape index (κ1) is 19.6. The molecule has 0 saturated carbocycles. The quantitative estimate of drug-likeness (QED) is 0.744. The highest BCUT2D eigenvalue weighted by Crippen LogP contribution is 2.28. The van der Waals surface area contributed by atoms with Crippen LogP contribution >= 0.6 is 23.1 Å². The lowest BCUT2D eigenvalue weighted by molar-refractivity contribution is -0.134. The summed E-state index contributed by atoms with van der Waals surface area (Å²) in [6.45, 7) is 6.78. The summed E-state index contributed by atoms with van der Waals surface area (Å²) in [5.74, 6) is 0.458. The second-order valence-electron chi connectivity index (χ2n) is 6.52. The molecule has 2 heterocycles. The van der Waals surface area contributed by atoms with E-state index < -0.39 is 0 Å². The molecule has 0 bridgehead atoms.